The summed E-state index contributed by atoms with van der Waals surface area (Å²) in [5.74, 6) is 0. The molecule has 0 aliphatic heterocycles. The number of alkyl halides is 6. The van der Waals surface area contributed by atoms with Crippen LogP contribution in [0.15, 0.2) is 122 Å². The summed E-state index contributed by atoms with van der Waals surface area (Å²) in [6.07, 6.45) is 3.45. The van der Waals surface area contributed by atoms with Crippen molar-refractivity contribution in [2.45, 2.75) is 39.5 Å². The minimum atomic E-state index is -4.41. The second-order valence-electron chi connectivity index (χ2n) is 12.2. The van der Waals surface area contributed by atoms with Crippen molar-refractivity contribution < 1.29 is 75.4 Å². The first-order chi connectivity index (χ1) is 22.5. The molecule has 0 unspecified atom stereocenters. The van der Waals surface area contributed by atoms with E-state index < -0.39 is 23.5 Å². The van der Waals surface area contributed by atoms with Crippen LogP contribution < -0.4 is 24.8 Å². The number of rotatable bonds is 4. The molecule has 0 aromatic heterocycles. The van der Waals surface area contributed by atoms with E-state index in [-0.39, 0.29) is 24.8 Å². The van der Waals surface area contributed by atoms with Gasteiger partial charge in [0.05, 0.1) is 0 Å². The van der Waals surface area contributed by atoms with E-state index in [4.69, 9.17) is 0 Å². The van der Waals surface area contributed by atoms with E-state index in [2.05, 4.69) is 94.6 Å². The van der Waals surface area contributed by atoms with Crippen molar-refractivity contribution in [2.75, 3.05) is 0 Å². The Labute approximate surface area is 316 Å². The van der Waals surface area contributed by atoms with Crippen LogP contribution in [0.5, 0.6) is 0 Å². The van der Waals surface area contributed by atoms with Gasteiger partial charge in [-0.15, -0.1) is 46.2 Å². The fraction of sp³-hybridized carbons (Fsp3) is 0.171. The number of halogens is 8. The molecule has 0 heterocycles. The molecule has 9 heteroatoms. The van der Waals surface area contributed by atoms with E-state index in [1.54, 1.807) is 0 Å². The molecule has 0 spiro atoms. The summed E-state index contributed by atoms with van der Waals surface area (Å²) in [5.41, 5.74) is 3.67. The van der Waals surface area contributed by atoms with Gasteiger partial charge in [-0.3, -0.25) is 6.08 Å². The zero-order valence-electron chi connectivity index (χ0n) is 27.6. The van der Waals surface area contributed by atoms with Crippen LogP contribution in [-0.4, -0.2) is 3.21 Å². The Morgan fingerprint density at radius 1 is 0.680 bits per heavy atom. The van der Waals surface area contributed by atoms with Crippen LogP contribution in [0.2, 0.25) is 0 Å². The number of hydrogen-bond acceptors (Lipinski definition) is 0. The first-order valence-electron chi connectivity index (χ1n) is 15.1. The molecule has 0 N–H and O–H groups in total. The first-order valence-corrected chi connectivity index (χ1v) is 16.3. The maximum atomic E-state index is 12.5. The van der Waals surface area contributed by atoms with Crippen LogP contribution in [0.4, 0.5) is 26.3 Å². The summed E-state index contributed by atoms with van der Waals surface area (Å²) >= 11 is 0.898. The number of benzene rings is 4. The maximum absolute atomic E-state index is 12.5. The smallest absolute Gasteiger partial charge is 1.00 e. The van der Waals surface area contributed by atoms with Crippen molar-refractivity contribution >= 4 is 36.9 Å². The Kier molecular flexibility index (Phi) is 15.2. The van der Waals surface area contributed by atoms with Gasteiger partial charge in [0.15, 0.2) is 0 Å². The summed E-state index contributed by atoms with van der Waals surface area (Å²) in [7, 11) is 0. The van der Waals surface area contributed by atoms with Crippen LogP contribution in [0.1, 0.15) is 60.6 Å². The minimum Gasteiger partial charge on any atom is -1.00 e. The van der Waals surface area contributed by atoms with Crippen LogP contribution in [0.3, 0.4) is 0 Å². The molecule has 1 aliphatic rings. The van der Waals surface area contributed by atoms with Gasteiger partial charge in [-0.05, 0) is 11.1 Å². The molecule has 5 aromatic rings. The average molecular weight is 803 g/mol. The second-order valence-corrected chi connectivity index (χ2v) is 13.5. The Morgan fingerprint density at radius 3 is 1.36 bits per heavy atom. The topological polar surface area (TPSA) is 0 Å². The third-order valence-corrected chi connectivity index (χ3v) is 9.21. The van der Waals surface area contributed by atoms with Crippen molar-refractivity contribution in [1.82, 2.24) is 0 Å². The predicted molar refractivity (Wildman–Crippen MR) is 183 cm³/mol. The van der Waals surface area contributed by atoms with Gasteiger partial charge in [-0.25, -0.2) is 6.08 Å². The van der Waals surface area contributed by atoms with E-state index in [0.29, 0.717) is 19.7 Å². The second kappa shape index (κ2) is 17.7. The molecule has 0 fully saturated rings. The van der Waals surface area contributed by atoms with E-state index >= 15 is 0 Å². The van der Waals surface area contributed by atoms with Gasteiger partial charge in [0.2, 0.25) is 0 Å². The minimum absolute atomic E-state index is 0. The van der Waals surface area contributed by atoms with E-state index in [0.717, 1.165) is 66.0 Å². The van der Waals surface area contributed by atoms with Gasteiger partial charge in [0.25, 0.3) is 0 Å². The van der Waals surface area contributed by atoms with Gasteiger partial charge in [0.1, 0.15) is 0 Å². The van der Waals surface area contributed by atoms with Crippen molar-refractivity contribution in [1.29, 1.82) is 0 Å². The first kappa shape index (κ1) is 42.8. The van der Waals surface area contributed by atoms with Crippen LogP contribution in [0.25, 0.3) is 33.7 Å². The molecule has 0 saturated heterocycles. The fourth-order valence-electron chi connectivity index (χ4n) is 5.03. The SMILES string of the molecule is C=Cc1ccc2[cH-]c3ccc(C=C)cc3c2c1.CC(C)(C)C1=CC[C-]=C1.FC(F)(F)c1ccc([C](=[Zr+2])c2ccc(C(F)(F)F)cc2)cc1.[Cl-].[Cl-]. The van der Waals surface area contributed by atoms with Crippen molar-refractivity contribution in [3.63, 3.8) is 0 Å². The largest absolute Gasteiger partial charge is 1.00 e. The van der Waals surface area contributed by atoms with Crippen LogP contribution >= 0.6 is 0 Å². The number of fused-ring (bicyclic) bond motifs is 3. The van der Waals surface area contributed by atoms with Gasteiger partial charge < -0.3 is 24.8 Å². The van der Waals surface area contributed by atoms with Gasteiger partial charge in [-0.2, -0.15) is 11.6 Å². The molecular weight excluding hydrogens is 769 g/mol. The summed E-state index contributed by atoms with van der Waals surface area (Å²) in [6.45, 7) is 14.3. The Morgan fingerprint density at radius 2 is 1.08 bits per heavy atom. The van der Waals surface area contributed by atoms with E-state index in [1.807, 2.05) is 12.2 Å². The average Bonchev–Trinajstić information content (AvgIpc) is 3.73. The van der Waals surface area contributed by atoms with Gasteiger partial charge in [-0.1, -0.05) is 75.8 Å². The number of allylic oxidation sites excluding steroid dienone is 4. The zero-order chi connectivity index (χ0) is 35.3. The van der Waals surface area contributed by atoms with Crippen molar-refractivity contribution in [3.05, 3.63) is 161 Å². The molecule has 260 valence electrons. The van der Waals surface area contributed by atoms with Gasteiger partial charge in [0, 0.05) is 0 Å². The third-order valence-electron chi connectivity index (χ3n) is 7.79. The summed E-state index contributed by atoms with van der Waals surface area (Å²) in [5, 5.41) is 5.15. The molecule has 1 aliphatic carbocycles. The number of hydrogen-bond donors (Lipinski definition) is 0. The molecule has 6 rings (SSSR count). The molecular formula is C41H34Cl2F6Zr-2. The normalized spacial score (nSPS) is 12.4. The quantitative estimate of drug-likeness (QED) is 0.143. The molecule has 0 atom stereocenters. The molecule has 0 radical (unpaired) electrons. The summed E-state index contributed by atoms with van der Waals surface area (Å²) < 4.78 is 75.6. The summed E-state index contributed by atoms with van der Waals surface area (Å²) in [4.78, 5) is 0. The predicted octanol–water partition coefficient (Wildman–Crippen LogP) is 6.57. The molecule has 0 bridgehead atoms. The Balaban J connectivity index is 0.000000275. The molecule has 0 nitrogen and oxygen atoms in total. The molecule has 0 amide bonds. The monoisotopic (exact) mass is 800 g/mol. The Bertz CT molecular complexity index is 1870. The van der Waals surface area contributed by atoms with Crippen molar-refractivity contribution in [2.24, 2.45) is 5.41 Å². The third kappa shape index (κ3) is 11.1. The van der Waals surface area contributed by atoms with Crippen LogP contribution in [-0.2, 0) is 36.6 Å². The maximum Gasteiger partial charge on any atom is -1.00 e. The Hall–Kier alpha value is -3.38. The fourth-order valence-corrected chi connectivity index (χ4v) is 5.84. The van der Waals surface area contributed by atoms with Crippen LogP contribution in [0, 0.1) is 11.5 Å². The molecule has 0 saturated carbocycles. The van der Waals surface area contributed by atoms with E-state index in [1.165, 1.54) is 51.4 Å². The standard InChI is InChI=1S/C17H13.C15H8F6.C9H13.2ClH.Zr/c1-3-12-5-7-14-11-15-8-6-13(4-2)10-17(15)16(14)9-12;16-14(17,18)12-5-1-10(2-6-12)9-11-3-7-13(8-4-11)15(19,20)21;1-9(2,3)8-6-4-5-7-8;;;/h3-11H,1-2H2;1-8H;6-7H,4H2,1-3H3;2*1H;/q-1;;-1;;;+2/p-2. The zero-order valence-corrected chi connectivity index (χ0v) is 31.6. The van der Waals surface area contributed by atoms with Crippen molar-refractivity contribution in [3.8, 4) is 0 Å². The van der Waals surface area contributed by atoms with Gasteiger partial charge >= 0.3 is 137 Å². The van der Waals surface area contributed by atoms with E-state index in [9.17, 15) is 26.3 Å². The molecule has 5 aromatic carbocycles. The summed E-state index contributed by atoms with van der Waals surface area (Å²) in [6, 6.07) is 24.3. The molecule has 50 heavy (non-hydrogen) atoms.